The van der Waals surface area contributed by atoms with Crippen LogP contribution in [0.25, 0.3) is 22.3 Å². The summed E-state index contributed by atoms with van der Waals surface area (Å²) in [5.41, 5.74) is -0.989. The van der Waals surface area contributed by atoms with Crippen LogP contribution in [0, 0.1) is 0 Å². The monoisotopic (exact) mass is 622 g/mol. The molecule has 0 aliphatic carbocycles. The second kappa shape index (κ2) is 12.5. The van der Waals surface area contributed by atoms with Gasteiger partial charge in [0.15, 0.2) is 18.2 Å². The zero-order valence-electron chi connectivity index (χ0n) is 22.9. The molecule has 16 heteroatoms. The molecule has 2 saturated heterocycles. The average molecular weight is 623 g/mol. The van der Waals surface area contributed by atoms with Crippen LogP contribution in [0.15, 0.2) is 45.6 Å². The summed E-state index contributed by atoms with van der Waals surface area (Å²) in [6.07, 6.45) is -14.7. The minimum atomic E-state index is -1.94. The average Bonchev–Trinajstić information content (AvgIpc) is 2.97. The summed E-state index contributed by atoms with van der Waals surface area (Å²) < 4.78 is 33.1. The van der Waals surface area contributed by atoms with Crippen LogP contribution in [0.3, 0.4) is 0 Å². The van der Waals surface area contributed by atoms with Crippen molar-refractivity contribution in [2.24, 2.45) is 0 Å². The molecular weight excluding hydrogens is 592 g/mol. The van der Waals surface area contributed by atoms with Crippen LogP contribution in [0.5, 0.6) is 23.0 Å². The fourth-order valence-electron chi connectivity index (χ4n) is 4.86. The number of carbonyl (C=O) groups is 1. The molecule has 238 valence electrons. The highest BCUT2D eigenvalue weighted by Gasteiger charge is 2.47. The minimum Gasteiger partial charge on any atom is -0.508 e. The van der Waals surface area contributed by atoms with E-state index in [2.05, 4.69) is 0 Å². The Balaban J connectivity index is 1.45. The third kappa shape index (κ3) is 6.15. The van der Waals surface area contributed by atoms with E-state index in [1.165, 1.54) is 24.3 Å². The zero-order chi connectivity index (χ0) is 31.9. The van der Waals surface area contributed by atoms with E-state index in [-0.39, 0.29) is 29.3 Å². The summed E-state index contributed by atoms with van der Waals surface area (Å²) in [5, 5.41) is 81.7. The van der Waals surface area contributed by atoms with E-state index in [4.69, 9.17) is 28.1 Å². The van der Waals surface area contributed by atoms with Gasteiger partial charge < -0.3 is 69.0 Å². The van der Waals surface area contributed by atoms with Gasteiger partial charge in [0.1, 0.15) is 64.8 Å². The van der Waals surface area contributed by atoms with Crippen LogP contribution in [0.4, 0.5) is 0 Å². The number of aliphatic hydroxyl groups is 5. The molecule has 0 unspecified atom stereocenters. The van der Waals surface area contributed by atoms with Crippen LogP contribution in [0.2, 0.25) is 0 Å². The molecule has 3 aromatic rings. The van der Waals surface area contributed by atoms with E-state index >= 15 is 0 Å². The molecule has 2 aromatic carbocycles. The standard InChI is InChI=1S/C28H30O16/c1-10(29)41-26-19(34)15(33)8-39-28(26)40-9-17-20(35)22(37)23(38)27(43-17)44-25-21(36)18-14(32)6-13(31)7-16(18)42-24(25)11-2-4-12(30)5-3-11/h2-7,15,17,19-20,22-23,26-28,30-35,37-38H,8-9H2,1H3/t15-,17+,19-,20-,22-,23+,26+,27-,28-/m0/s1. The predicted molar refractivity (Wildman–Crippen MR) is 143 cm³/mol. The van der Waals surface area contributed by atoms with Crippen molar-refractivity contribution >= 4 is 16.9 Å². The fraction of sp³-hybridized carbons (Fsp3) is 0.429. The molecular formula is C28H30O16. The Morgan fingerprint density at radius 2 is 1.61 bits per heavy atom. The van der Waals surface area contributed by atoms with Crippen molar-refractivity contribution in [3.63, 3.8) is 0 Å². The molecule has 5 rings (SSSR count). The van der Waals surface area contributed by atoms with E-state index in [0.29, 0.717) is 0 Å². The van der Waals surface area contributed by atoms with Gasteiger partial charge in [-0.05, 0) is 24.3 Å². The Morgan fingerprint density at radius 1 is 0.909 bits per heavy atom. The van der Waals surface area contributed by atoms with Crippen LogP contribution in [-0.4, -0.2) is 115 Å². The van der Waals surface area contributed by atoms with Crippen LogP contribution >= 0.6 is 0 Å². The number of phenolic OH excluding ortho intramolecular Hbond substituents is 3. The number of hydrogen-bond acceptors (Lipinski definition) is 16. The fourth-order valence-corrected chi connectivity index (χ4v) is 4.86. The predicted octanol–water partition coefficient (Wildman–Crippen LogP) is -1.21. The summed E-state index contributed by atoms with van der Waals surface area (Å²) in [5.74, 6) is -2.83. The second-order valence-corrected chi connectivity index (χ2v) is 10.3. The molecule has 0 amide bonds. The second-order valence-electron chi connectivity index (χ2n) is 10.3. The Labute approximate surface area is 247 Å². The Kier molecular flexibility index (Phi) is 8.96. The highest BCUT2D eigenvalue weighted by Crippen LogP contribution is 2.37. The van der Waals surface area contributed by atoms with Crippen molar-refractivity contribution in [3.8, 4) is 34.3 Å². The summed E-state index contributed by atoms with van der Waals surface area (Å²) in [6, 6.07) is 7.30. The molecule has 3 heterocycles. The largest absolute Gasteiger partial charge is 0.508 e. The number of fused-ring (bicyclic) bond motifs is 1. The molecule has 9 atom stereocenters. The quantitative estimate of drug-likeness (QED) is 0.144. The van der Waals surface area contributed by atoms with Gasteiger partial charge in [-0.3, -0.25) is 9.59 Å². The molecule has 0 saturated carbocycles. The van der Waals surface area contributed by atoms with E-state index in [0.717, 1.165) is 19.1 Å². The van der Waals surface area contributed by atoms with E-state index < -0.39 is 95.9 Å². The van der Waals surface area contributed by atoms with Crippen molar-refractivity contribution in [1.82, 2.24) is 0 Å². The lowest BCUT2D eigenvalue weighted by Crippen LogP contribution is -2.61. The van der Waals surface area contributed by atoms with E-state index in [9.17, 15) is 50.4 Å². The third-order valence-electron chi connectivity index (χ3n) is 7.11. The lowest BCUT2D eigenvalue weighted by atomic mass is 9.99. The molecule has 0 bridgehead atoms. The Hall–Kier alpha value is -4.00. The van der Waals surface area contributed by atoms with Gasteiger partial charge in [-0.1, -0.05) is 0 Å². The third-order valence-corrected chi connectivity index (χ3v) is 7.11. The van der Waals surface area contributed by atoms with Gasteiger partial charge in [0.2, 0.25) is 17.5 Å². The first-order chi connectivity index (χ1) is 20.8. The Morgan fingerprint density at radius 3 is 2.30 bits per heavy atom. The van der Waals surface area contributed by atoms with Gasteiger partial charge in [-0.15, -0.1) is 0 Å². The molecule has 44 heavy (non-hydrogen) atoms. The molecule has 2 aliphatic heterocycles. The Bertz CT molecular complexity index is 1550. The molecule has 0 spiro atoms. The number of aliphatic hydroxyl groups excluding tert-OH is 5. The number of hydrogen-bond donors (Lipinski definition) is 8. The first-order valence-corrected chi connectivity index (χ1v) is 13.3. The van der Waals surface area contributed by atoms with Crippen molar-refractivity contribution in [3.05, 3.63) is 46.6 Å². The smallest absolute Gasteiger partial charge is 0.303 e. The van der Waals surface area contributed by atoms with Crippen molar-refractivity contribution < 1.29 is 73.7 Å². The number of esters is 1. The van der Waals surface area contributed by atoms with Gasteiger partial charge in [0.25, 0.3) is 0 Å². The van der Waals surface area contributed by atoms with Crippen molar-refractivity contribution in [2.45, 2.75) is 62.2 Å². The summed E-state index contributed by atoms with van der Waals surface area (Å²) in [4.78, 5) is 25.1. The lowest BCUT2D eigenvalue weighted by Gasteiger charge is -2.41. The molecule has 8 N–H and O–H groups in total. The molecule has 0 radical (unpaired) electrons. The molecule has 1 aromatic heterocycles. The zero-order valence-corrected chi connectivity index (χ0v) is 22.9. The van der Waals surface area contributed by atoms with E-state index in [1.54, 1.807) is 0 Å². The highest BCUT2D eigenvalue weighted by atomic mass is 16.7. The lowest BCUT2D eigenvalue weighted by molar-refractivity contribution is -0.309. The SMILES string of the molecule is CC(=O)O[C@H]1[C@H](OC[C@H]2O[C@@H](Oc3c(-c4ccc(O)cc4)oc4cc(O)cc(O)c4c3=O)[C@H](O)[C@@H](O)[C@H]2O)OC[C@H](O)[C@@H]1O. The topological polar surface area (TPSA) is 255 Å². The highest BCUT2D eigenvalue weighted by molar-refractivity contribution is 5.88. The first-order valence-electron chi connectivity index (χ1n) is 13.3. The summed E-state index contributed by atoms with van der Waals surface area (Å²) in [7, 11) is 0. The maximum Gasteiger partial charge on any atom is 0.303 e. The number of carbonyl (C=O) groups excluding carboxylic acids is 1. The first kappa shape index (κ1) is 31.4. The van der Waals surface area contributed by atoms with Gasteiger partial charge in [-0.2, -0.15) is 0 Å². The molecule has 2 fully saturated rings. The number of ether oxygens (including phenoxy) is 5. The summed E-state index contributed by atoms with van der Waals surface area (Å²) in [6.45, 7) is 0.0943. The van der Waals surface area contributed by atoms with Crippen molar-refractivity contribution in [1.29, 1.82) is 0 Å². The number of aromatic hydroxyl groups is 3. The van der Waals surface area contributed by atoms with Crippen molar-refractivity contribution in [2.75, 3.05) is 13.2 Å². The summed E-state index contributed by atoms with van der Waals surface area (Å²) >= 11 is 0. The maximum absolute atomic E-state index is 13.6. The van der Waals surface area contributed by atoms with Crippen LogP contribution in [0.1, 0.15) is 6.92 Å². The number of rotatable bonds is 7. The van der Waals surface area contributed by atoms with Gasteiger partial charge in [-0.25, -0.2) is 0 Å². The van der Waals surface area contributed by atoms with Gasteiger partial charge in [0, 0.05) is 24.6 Å². The maximum atomic E-state index is 13.6. The van der Waals surface area contributed by atoms with Gasteiger partial charge in [0.05, 0.1) is 13.2 Å². The number of phenols is 3. The van der Waals surface area contributed by atoms with Crippen LogP contribution < -0.4 is 10.2 Å². The van der Waals surface area contributed by atoms with Gasteiger partial charge >= 0.3 is 5.97 Å². The molecule has 16 nitrogen and oxygen atoms in total. The van der Waals surface area contributed by atoms with E-state index in [1.807, 2.05) is 0 Å². The molecule has 2 aliphatic rings. The van der Waals surface area contributed by atoms with Crippen LogP contribution in [-0.2, 0) is 23.7 Å². The number of benzene rings is 2. The normalized spacial score (nSPS) is 30.6. The minimum absolute atomic E-state index is 0.111.